The van der Waals surface area contributed by atoms with Gasteiger partial charge in [0.15, 0.2) is 0 Å². The number of fused-ring (bicyclic) bond motifs is 2. The van der Waals surface area contributed by atoms with Crippen molar-refractivity contribution in [1.29, 1.82) is 0 Å². The molecule has 26 heavy (non-hydrogen) atoms. The van der Waals surface area contributed by atoms with Crippen LogP contribution in [0.15, 0.2) is 53.2 Å². The highest BCUT2D eigenvalue weighted by atomic mass is 16.5. The van der Waals surface area contributed by atoms with Gasteiger partial charge in [-0.2, -0.15) is 0 Å². The van der Waals surface area contributed by atoms with Gasteiger partial charge in [0.25, 0.3) is 5.91 Å². The van der Waals surface area contributed by atoms with Gasteiger partial charge in [0.2, 0.25) is 0 Å². The van der Waals surface area contributed by atoms with Gasteiger partial charge < -0.3 is 18.9 Å². The average Bonchev–Trinajstić information content (AvgIpc) is 3.20. The molecule has 0 saturated carbocycles. The highest BCUT2D eigenvalue weighted by molar-refractivity contribution is 6.07. The van der Waals surface area contributed by atoms with Crippen molar-refractivity contribution in [3.8, 4) is 5.75 Å². The molecule has 0 atom stereocenters. The van der Waals surface area contributed by atoms with E-state index in [9.17, 15) is 4.79 Å². The van der Waals surface area contributed by atoms with Gasteiger partial charge >= 0.3 is 0 Å². The number of hydrogen-bond donors (Lipinski definition) is 1. The van der Waals surface area contributed by atoms with E-state index in [-0.39, 0.29) is 5.91 Å². The number of imidazole rings is 1. The molecular formula is C20H19N3O3. The van der Waals surface area contributed by atoms with Crippen molar-refractivity contribution >= 4 is 22.5 Å². The number of aryl methyl sites for hydroxylation is 1. The van der Waals surface area contributed by atoms with Crippen LogP contribution in [0.2, 0.25) is 0 Å². The Morgan fingerprint density at radius 3 is 3.00 bits per heavy atom. The molecule has 1 amide bonds. The van der Waals surface area contributed by atoms with Gasteiger partial charge in [0.1, 0.15) is 22.7 Å². The van der Waals surface area contributed by atoms with E-state index in [1.165, 1.54) is 0 Å². The standard InChI is InChI=1S/C20H19N3O3/c1-13-19(16-11-15(25-2)6-7-17(16)26-13)20(24)21-9-8-14-12-23-10-4-3-5-18(23)22-14/h3-7,10-12H,8-9H2,1-2H3,(H,21,24). The van der Waals surface area contributed by atoms with Crippen LogP contribution >= 0.6 is 0 Å². The molecule has 0 fully saturated rings. The van der Waals surface area contributed by atoms with Crippen molar-refractivity contribution in [2.45, 2.75) is 13.3 Å². The van der Waals surface area contributed by atoms with Crippen LogP contribution < -0.4 is 10.1 Å². The second-order valence-electron chi connectivity index (χ2n) is 6.10. The monoisotopic (exact) mass is 349 g/mol. The summed E-state index contributed by atoms with van der Waals surface area (Å²) in [6.45, 7) is 2.29. The molecule has 0 unspecified atom stereocenters. The van der Waals surface area contributed by atoms with Crippen LogP contribution in [0.5, 0.6) is 5.75 Å². The normalized spacial score (nSPS) is 11.2. The number of nitrogens with zero attached hydrogens (tertiary/aromatic N) is 2. The third-order valence-electron chi connectivity index (χ3n) is 4.38. The van der Waals surface area contributed by atoms with Crippen LogP contribution in [0.3, 0.4) is 0 Å². The Balaban J connectivity index is 1.49. The minimum Gasteiger partial charge on any atom is -0.497 e. The van der Waals surface area contributed by atoms with E-state index >= 15 is 0 Å². The number of amides is 1. The molecule has 0 spiro atoms. The number of methoxy groups -OCH3 is 1. The van der Waals surface area contributed by atoms with Crippen LogP contribution in [0, 0.1) is 6.92 Å². The summed E-state index contributed by atoms with van der Waals surface area (Å²) < 4.78 is 12.9. The minimum atomic E-state index is -0.154. The topological polar surface area (TPSA) is 68.8 Å². The third-order valence-corrected chi connectivity index (χ3v) is 4.38. The maximum atomic E-state index is 12.7. The van der Waals surface area contributed by atoms with E-state index in [1.807, 2.05) is 53.2 Å². The molecule has 4 rings (SSSR count). The van der Waals surface area contributed by atoms with E-state index in [4.69, 9.17) is 9.15 Å². The van der Waals surface area contributed by atoms with Crippen molar-refractivity contribution in [2.24, 2.45) is 0 Å². The van der Waals surface area contributed by atoms with Crippen molar-refractivity contribution < 1.29 is 13.9 Å². The highest BCUT2D eigenvalue weighted by Gasteiger charge is 2.18. The van der Waals surface area contributed by atoms with Crippen molar-refractivity contribution in [3.63, 3.8) is 0 Å². The fraction of sp³-hybridized carbons (Fsp3) is 0.200. The molecule has 6 nitrogen and oxygen atoms in total. The number of pyridine rings is 1. The molecule has 0 aliphatic carbocycles. The number of hydrogen-bond acceptors (Lipinski definition) is 4. The van der Waals surface area contributed by atoms with Gasteiger partial charge in [-0.1, -0.05) is 6.07 Å². The zero-order chi connectivity index (χ0) is 18.1. The van der Waals surface area contributed by atoms with Gasteiger partial charge in [-0.15, -0.1) is 0 Å². The van der Waals surface area contributed by atoms with E-state index in [0.29, 0.717) is 35.6 Å². The Bertz CT molecular complexity index is 1060. The second kappa shape index (κ2) is 6.55. The fourth-order valence-corrected chi connectivity index (χ4v) is 3.11. The first-order valence-electron chi connectivity index (χ1n) is 8.43. The van der Waals surface area contributed by atoms with Gasteiger partial charge in [0, 0.05) is 30.7 Å². The molecule has 1 N–H and O–H groups in total. The van der Waals surface area contributed by atoms with Crippen LogP contribution in [0.1, 0.15) is 21.8 Å². The molecule has 4 aromatic rings. The first-order valence-corrected chi connectivity index (χ1v) is 8.43. The number of aromatic nitrogens is 2. The molecule has 0 aliphatic rings. The summed E-state index contributed by atoms with van der Waals surface area (Å²) in [5.74, 6) is 1.13. The fourth-order valence-electron chi connectivity index (χ4n) is 3.11. The molecule has 0 bridgehead atoms. The quantitative estimate of drug-likeness (QED) is 0.600. The summed E-state index contributed by atoms with van der Waals surface area (Å²) in [6.07, 6.45) is 4.59. The first kappa shape index (κ1) is 16.2. The van der Waals surface area contributed by atoms with Crippen molar-refractivity contribution in [1.82, 2.24) is 14.7 Å². The molecule has 3 heterocycles. The number of nitrogens with one attached hydrogen (secondary N) is 1. The van der Waals surface area contributed by atoms with Crippen LogP contribution in [0.4, 0.5) is 0 Å². The third kappa shape index (κ3) is 2.90. The van der Waals surface area contributed by atoms with Crippen LogP contribution in [-0.2, 0) is 6.42 Å². The van der Waals surface area contributed by atoms with Crippen molar-refractivity contribution in [2.75, 3.05) is 13.7 Å². The number of carbonyl (C=O) groups excluding carboxylic acids is 1. The van der Waals surface area contributed by atoms with E-state index in [0.717, 1.165) is 16.7 Å². The number of benzene rings is 1. The van der Waals surface area contributed by atoms with Gasteiger partial charge in [-0.25, -0.2) is 4.98 Å². The van der Waals surface area contributed by atoms with E-state index < -0.39 is 0 Å². The summed E-state index contributed by atoms with van der Waals surface area (Å²) in [6, 6.07) is 11.3. The number of furan rings is 1. The maximum Gasteiger partial charge on any atom is 0.255 e. The van der Waals surface area contributed by atoms with Gasteiger partial charge in [-0.3, -0.25) is 4.79 Å². The summed E-state index contributed by atoms with van der Waals surface area (Å²) >= 11 is 0. The molecule has 0 aliphatic heterocycles. The SMILES string of the molecule is COc1ccc2oc(C)c(C(=O)NCCc3cn4ccccc4n3)c2c1. The van der Waals surface area contributed by atoms with Crippen LogP contribution in [-0.4, -0.2) is 28.9 Å². The highest BCUT2D eigenvalue weighted by Crippen LogP contribution is 2.28. The Morgan fingerprint density at radius 2 is 2.19 bits per heavy atom. The smallest absolute Gasteiger partial charge is 0.255 e. The summed E-state index contributed by atoms with van der Waals surface area (Å²) in [5.41, 5.74) is 3.06. The lowest BCUT2D eigenvalue weighted by molar-refractivity contribution is 0.0954. The van der Waals surface area contributed by atoms with Crippen molar-refractivity contribution in [3.05, 3.63) is 65.8 Å². The maximum absolute atomic E-state index is 12.7. The molecule has 0 radical (unpaired) electrons. The zero-order valence-corrected chi connectivity index (χ0v) is 14.7. The zero-order valence-electron chi connectivity index (χ0n) is 14.7. The Morgan fingerprint density at radius 1 is 1.31 bits per heavy atom. The van der Waals surface area contributed by atoms with E-state index in [1.54, 1.807) is 14.0 Å². The molecule has 132 valence electrons. The molecule has 1 aromatic carbocycles. The number of rotatable bonds is 5. The van der Waals surface area contributed by atoms with Gasteiger partial charge in [0.05, 0.1) is 18.4 Å². The lowest BCUT2D eigenvalue weighted by atomic mass is 10.1. The molecular weight excluding hydrogens is 330 g/mol. The predicted octanol–water partition coefficient (Wildman–Crippen LogP) is 3.37. The molecule has 6 heteroatoms. The molecule has 3 aromatic heterocycles. The van der Waals surface area contributed by atoms with Gasteiger partial charge in [-0.05, 0) is 37.3 Å². The lowest BCUT2D eigenvalue weighted by Crippen LogP contribution is -2.26. The Labute approximate surface area is 150 Å². The summed E-state index contributed by atoms with van der Waals surface area (Å²) in [7, 11) is 1.60. The number of ether oxygens (including phenoxy) is 1. The average molecular weight is 349 g/mol. The molecule has 0 saturated heterocycles. The number of carbonyl (C=O) groups is 1. The van der Waals surface area contributed by atoms with E-state index in [2.05, 4.69) is 10.3 Å². The Hall–Kier alpha value is -3.28. The predicted molar refractivity (Wildman–Crippen MR) is 98.7 cm³/mol. The Kier molecular flexibility index (Phi) is 4.08. The largest absolute Gasteiger partial charge is 0.497 e. The minimum absolute atomic E-state index is 0.154. The first-order chi connectivity index (χ1) is 12.7. The van der Waals surface area contributed by atoms with Crippen LogP contribution in [0.25, 0.3) is 16.6 Å². The summed E-state index contributed by atoms with van der Waals surface area (Å²) in [5, 5.41) is 3.72. The summed E-state index contributed by atoms with van der Waals surface area (Å²) in [4.78, 5) is 17.2. The second-order valence-corrected chi connectivity index (χ2v) is 6.10. The lowest BCUT2D eigenvalue weighted by Gasteiger charge is -2.04.